The van der Waals surface area contributed by atoms with Gasteiger partial charge in [0.05, 0.1) is 28.8 Å². The molecule has 6 aromatic rings. The first kappa shape index (κ1) is 22.2. The molecule has 0 aliphatic rings. The van der Waals surface area contributed by atoms with Gasteiger partial charge in [-0.15, -0.1) is 0 Å². The van der Waals surface area contributed by atoms with E-state index < -0.39 is 23.0 Å². The molecule has 2 aromatic carbocycles. The van der Waals surface area contributed by atoms with Gasteiger partial charge in [0.25, 0.3) is 11.4 Å². The van der Waals surface area contributed by atoms with Gasteiger partial charge in [0.1, 0.15) is 40.9 Å². The van der Waals surface area contributed by atoms with E-state index in [1.54, 1.807) is 24.4 Å². The number of halogens is 3. The maximum Gasteiger partial charge on any atom is 0.279 e. The highest BCUT2D eigenvalue weighted by molar-refractivity contribution is 5.87. The molecule has 4 aromatic heterocycles. The molecule has 0 aliphatic heterocycles. The topological polar surface area (TPSA) is 115 Å². The zero-order valence-electron chi connectivity index (χ0n) is 18.6. The SMILES string of the molecule is N#Cc1c(F)ccc2c1n(Cc1ccccn1)c(=O)c1c(-c3nc(-c4ccc(F)cc4F)no3)ncn12. The lowest BCUT2D eigenvalue weighted by Crippen LogP contribution is -2.25. The van der Waals surface area contributed by atoms with Gasteiger partial charge in [0.15, 0.2) is 5.69 Å². The molecule has 0 unspecified atom stereocenters. The summed E-state index contributed by atoms with van der Waals surface area (Å²) in [4.78, 5) is 26.4. The molecule has 0 atom stereocenters. The van der Waals surface area contributed by atoms with E-state index in [2.05, 4.69) is 20.1 Å². The van der Waals surface area contributed by atoms with Crippen molar-refractivity contribution in [1.29, 1.82) is 5.26 Å². The van der Waals surface area contributed by atoms with E-state index in [1.807, 2.05) is 6.07 Å². The first-order valence-corrected chi connectivity index (χ1v) is 10.8. The van der Waals surface area contributed by atoms with Gasteiger partial charge in [0, 0.05) is 12.3 Å². The predicted molar refractivity (Wildman–Crippen MR) is 124 cm³/mol. The Hall–Kier alpha value is -5.31. The van der Waals surface area contributed by atoms with E-state index in [0.717, 1.165) is 18.2 Å². The van der Waals surface area contributed by atoms with Crippen molar-refractivity contribution in [1.82, 2.24) is 29.1 Å². The Morgan fingerprint density at radius 1 is 1.00 bits per heavy atom. The summed E-state index contributed by atoms with van der Waals surface area (Å²) in [5, 5.41) is 13.4. The number of hydrogen-bond acceptors (Lipinski definition) is 7. The number of pyridine rings is 1. The summed E-state index contributed by atoms with van der Waals surface area (Å²) < 4.78 is 50.1. The van der Waals surface area contributed by atoms with Crippen molar-refractivity contribution in [3.05, 3.63) is 100 Å². The van der Waals surface area contributed by atoms with Crippen molar-refractivity contribution >= 4 is 16.6 Å². The molecule has 12 heteroatoms. The van der Waals surface area contributed by atoms with Gasteiger partial charge in [0.2, 0.25) is 5.82 Å². The maximum atomic E-state index is 14.6. The van der Waals surface area contributed by atoms with Crippen LogP contribution < -0.4 is 5.56 Å². The largest absolute Gasteiger partial charge is 0.332 e. The summed E-state index contributed by atoms with van der Waals surface area (Å²) >= 11 is 0. The first-order valence-electron chi connectivity index (χ1n) is 10.8. The molecule has 6 rings (SSSR count). The number of hydrogen-bond donors (Lipinski definition) is 0. The Bertz CT molecular complexity index is 1940. The number of fused-ring (bicyclic) bond motifs is 3. The van der Waals surface area contributed by atoms with E-state index in [-0.39, 0.29) is 46.1 Å². The van der Waals surface area contributed by atoms with Crippen molar-refractivity contribution in [3.63, 3.8) is 0 Å². The van der Waals surface area contributed by atoms with Gasteiger partial charge in [-0.05, 0) is 36.4 Å². The fourth-order valence-corrected chi connectivity index (χ4v) is 4.16. The normalized spacial score (nSPS) is 11.3. The molecule has 9 nitrogen and oxygen atoms in total. The van der Waals surface area contributed by atoms with Gasteiger partial charge in [-0.1, -0.05) is 11.2 Å². The van der Waals surface area contributed by atoms with Crippen LogP contribution in [0.15, 0.2) is 70.4 Å². The zero-order valence-corrected chi connectivity index (χ0v) is 18.6. The Morgan fingerprint density at radius 2 is 1.86 bits per heavy atom. The summed E-state index contributed by atoms with van der Waals surface area (Å²) in [6.45, 7) is -0.0642. The van der Waals surface area contributed by atoms with Gasteiger partial charge >= 0.3 is 0 Å². The minimum atomic E-state index is -0.892. The molecule has 0 saturated carbocycles. The van der Waals surface area contributed by atoms with E-state index >= 15 is 0 Å². The van der Waals surface area contributed by atoms with Crippen LogP contribution >= 0.6 is 0 Å². The Balaban J connectivity index is 1.61. The summed E-state index contributed by atoms with van der Waals surface area (Å²) in [5.74, 6) is -2.80. The van der Waals surface area contributed by atoms with Crippen molar-refractivity contribution in [3.8, 4) is 29.0 Å². The minimum absolute atomic E-state index is 0.00806. The van der Waals surface area contributed by atoms with Crippen LogP contribution in [0.5, 0.6) is 0 Å². The zero-order chi connectivity index (χ0) is 25.7. The average molecular weight is 499 g/mol. The van der Waals surface area contributed by atoms with Crippen LogP contribution in [0, 0.1) is 28.8 Å². The molecule has 0 spiro atoms. The molecular weight excluding hydrogens is 487 g/mol. The van der Waals surface area contributed by atoms with Crippen LogP contribution in [0.3, 0.4) is 0 Å². The number of aromatic nitrogens is 6. The molecule has 180 valence electrons. The van der Waals surface area contributed by atoms with Crippen LogP contribution in [0.25, 0.3) is 39.5 Å². The van der Waals surface area contributed by atoms with Crippen LogP contribution in [0.4, 0.5) is 13.2 Å². The van der Waals surface area contributed by atoms with Crippen LogP contribution in [0.2, 0.25) is 0 Å². The quantitative estimate of drug-likeness (QED) is 0.359. The molecule has 0 saturated heterocycles. The monoisotopic (exact) mass is 499 g/mol. The van der Waals surface area contributed by atoms with Crippen LogP contribution in [-0.4, -0.2) is 29.1 Å². The second-order valence-electron chi connectivity index (χ2n) is 7.97. The molecule has 0 fully saturated rings. The third kappa shape index (κ3) is 3.52. The molecule has 37 heavy (non-hydrogen) atoms. The number of imidazole rings is 1. The van der Waals surface area contributed by atoms with Crippen molar-refractivity contribution in [2.45, 2.75) is 6.54 Å². The number of nitrogens with zero attached hydrogens (tertiary/aromatic N) is 7. The van der Waals surface area contributed by atoms with E-state index in [1.165, 1.54) is 21.4 Å². The highest BCUT2D eigenvalue weighted by atomic mass is 19.1. The highest BCUT2D eigenvalue weighted by Gasteiger charge is 2.24. The number of benzene rings is 2. The van der Waals surface area contributed by atoms with Crippen molar-refractivity contribution in [2.75, 3.05) is 0 Å². The lowest BCUT2D eigenvalue weighted by molar-refractivity contribution is 0.431. The fourth-order valence-electron chi connectivity index (χ4n) is 4.16. The van der Waals surface area contributed by atoms with Crippen molar-refractivity contribution < 1.29 is 17.7 Å². The molecular formula is C25H12F3N7O2. The van der Waals surface area contributed by atoms with E-state index in [4.69, 9.17) is 4.52 Å². The molecule has 0 amide bonds. The standard InChI is InChI=1S/C25H12F3N7O2/c26-13-4-5-15(18(28)9-13)23-32-24(37-33-23)20-22-25(36)34(11-14-3-1-2-8-30-14)21-16(10-29)17(27)6-7-19(21)35(22)12-31-20/h1-9,12H,11H2. The van der Waals surface area contributed by atoms with Gasteiger partial charge in [-0.25, -0.2) is 18.2 Å². The first-order chi connectivity index (χ1) is 18.0. The Morgan fingerprint density at radius 3 is 2.62 bits per heavy atom. The third-order valence-electron chi connectivity index (χ3n) is 5.81. The highest BCUT2D eigenvalue weighted by Crippen LogP contribution is 2.28. The van der Waals surface area contributed by atoms with E-state index in [9.17, 15) is 23.2 Å². The average Bonchev–Trinajstić information content (AvgIpc) is 3.55. The maximum absolute atomic E-state index is 14.6. The molecule has 0 aliphatic carbocycles. The molecule has 0 bridgehead atoms. The predicted octanol–water partition coefficient (Wildman–Crippen LogP) is 4.10. The Kier molecular flexibility index (Phi) is 5.04. The fraction of sp³-hybridized carbons (Fsp3) is 0.0400. The Labute approximate surface area is 204 Å². The molecule has 4 heterocycles. The minimum Gasteiger partial charge on any atom is -0.332 e. The molecule has 0 radical (unpaired) electrons. The number of nitriles is 1. The summed E-state index contributed by atoms with van der Waals surface area (Å²) in [5.41, 5.74) is -0.154. The summed E-state index contributed by atoms with van der Waals surface area (Å²) in [6, 6.07) is 12.4. The third-order valence-corrected chi connectivity index (χ3v) is 5.81. The smallest absolute Gasteiger partial charge is 0.279 e. The second-order valence-corrected chi connectivity index (χ2v) is 7.97. The van der Waals surface area contributed by atoms with Crippen LogP contribution in [-0.2, 0) is 6.54 Å². The lowest BCUT2D eigenvalue weighted by Gasteiger charge is -2.14. The van der Waals surface area contributed by atoms with Crippen LogP contribution in [0.1, 0.15) is 11.3 Å². The summed E-state index contributed by atoms with van der Waals surface area (Å²) in [7, 11) is 0. The van der Waals surface area contributed by atoms with Gasteiger partial charge < -0.3 is 4.52 Å². The number of rotatable bonds is 4. The van der Waals surface area contributed by atoms with Gasteiger partial charge in [-0.2, -0.15) is 10.2 Å². The van der Waals surface area contributed by atoms with E-state index in [0.29, 0.717) is 17.3 Å². The lowest BCUT2D eigenvalue weighted by atomic mass is 10.1. The summed E-state index contributed by atoms with van der Waals surface area (Å²) in [6.07, 6.45) is 2.85. The second kappa shape index (κ2) is 8.42. The van der Waals surface area contributed by atoms with Gasteiger partial charge in [-0.3, -0.25) is 18.7 Å². The van der Waals surface area contributed by atoms with Crippen molar-refractivity contribution in [2.24, 2.45) is 0 Å². The molecule has 0 N–H and O–H groups in total.